The SMILES string of the molecule is Cc1ccc(C(F)C(F)F)cc1. The monoisotopic (exact) mass is 174 g/mol. The van der Waals surface area contributed by atoms with Gasteiger partial charge in [-0.3, -0.25) is 0 Å². The van der Waals surface area contributed by atoms with Gasteiger partial charge in [-0.1, -0.05) is 29.8 Å². The first-order chi connectivity index (χ1) is 5.61. The van der Waals surface area contributed by atoms with Crippen molar-refractivity contribution in [1.29, 1.82) is 0 Å². The molecule has 0 aliphatic rings. The molecule has 0 N–H and O–H groups in total. The summed E-state index contributed by atoms with van der Waals surface area (Å²) in [5.74, 6) is 0. The first-order valence-electron chi connectivity index (χ1n) is 3.60. The van der Waals surface area contributed by atoms with E-state index < -0.39 is 12.6 Å². The van der Waals surface area contributed by atoms with Crippen LogP contribution in [-0.2, 0) is 0 Å². The lowest BCUT2D eigenvalue weighted by Crippen LogP contribution is -2.02. The Kier molecular flexibility index (Phi) is 2.74. The number of aryl methyl sites for hydroxylation is 1. The van der Waals surface area contributed by atoms with Crippen molar-refractivity contribution < 1.29 is 13.2 Å². The number of rotatable bonds is 2. The summed E-state index contributed by atoms with van der Waals surface area (Å²) < 4.78 is 36.3. The summed E-state index contributed by atoms with van der Waals surface area (Å²) in [5, 5.41) is 0. The second kappa shape index (κ2) is 3.61. The van der Waals surface area contributed by atoms with E-state index in [4.69, 9.17) is 0 Å². The molecule has 1 aromatic rings. The fraction of sp³-hybridized carbons (Fsp3) is 0.333. The van der Waals surface area contributed by atoms with Gasteiger partial charge in [-0.05, 0) is 12.5 Å². The Morgan fingerprint density at radius 1 is 1.00 bits per heavy atom. The predicted molar refractivity (Wildman–Crippen MR) is 41.0 cm³/mol. The number of alkyl halides is 3. The van der Waals surface area contributed by atoms with Crippen molar-refractivity contribution in [3.05, 3.63) is 35.4 Å². The normalized spacial score (nSPS) is 13.4. The average molecular weight is 174 g/mol. The van der Waals surface area contributed by atoms with Gasteiger partial charge in [-0.2, -0.15) is 0 Å². The molecule has 0 bridgehead atoms. The molecule has 1 rings (SSSR count). The molecule has 0 aromatic heterocycles. The number of benzene rings is 1. The maximum absolute atomic E-state index is 12.6. The Balaban J connectivity index is 2.82. The summed E-state index contributed by atoms with van der Waals surface area (Å²) in [6, 6.07) is 5.99. The van der Waals surface area contributed by atoms with Gasteiger partial charge in [0.05, 0.1) is 0 Å². The summed E-state index contributed by atoms with van der Waals surface area (Å²) in [5.41, 5.74) is 0.968. The second-order valence-electron chi connectivity index (χ2n) is 2.65. The molecule has 0 nitrogen and oxygen atoms in total. The van der Waals surface area contributed by atoms with E-state index in [9.17, 15) is 13.2 Å². The number of halogens is 3. The highest BCUT2D eigenvalue weighted by atomic mass is 19.3. The molecular weight excluding hydrogens is 165 g/mol. The van der Waals surface area contributed by atoms with Crippen LogP contribution >= 0.6 is 0 Å². The molecule has 0 aliphatic carbocycles. The smallest absolute Gasteiger partial charge is 0.236 e. The van der Waals surface area contributed by atoms with Gasteiger partial charge in [-0.25, -0.2) is 13.2 Å². The number of hydrogen-bond acceptors (Lipinski definition) is 0. The minimum Gasteiger partial charge on any atom is -0.236 e. The molecule has 0 heterocycles. The Morgan fingerprint density at radius 2 is 1.50 bits per heavy atom. The highest BCUT2D eigenvalue weighted by molar-refractivity contribution is 5.23. The molecule has 0 saturated heterocycles. The minimum absolute atomic E-state index is 0.0376. The van der Waals surface area contributed by atoms with Crippen LogP contribution < -0.4 is 0 Å². The third-order valence-corrected chi connectivity index (χ3v) is 1.62. The topological polar surface area (TPSA) is 0 Å². The van der Waals surface area contributed by atoms with E-state index in [0.717, 1.165) is 5.56 Å². The van der Waals surface area contributed by atoms with Gasteiger partial charge < -0.3 is 0 Å². The van der Waals surface area contributed by atoms with Gasteiger partial charge in [0.15, 0.2) is 6.17 Å². The Bertz CT molecular complexity index is 240. The third-order valence-electron chi connectivity index (χ3n) is 1.62. The highest BCUT2D eigenvalue weighted by Gasteiger charge is 2.20. The average Bonchev–Trinajstić information content (AvgIpc) is 2.04. The van der Waals surface area contributed by atoms with Gasteiger partial charge in [-0.15, -0.1) is 0 Å². The molecule has 12 heavy (non-hydrogen) atoms. The fourth-order valence-corrected chi connectivity index (χ4v) is 0.896. The van der Waals surface area contributed by atoms with Crippen molar-refractivity contribution in [1.82, 2.24) is 0 Å². The van der Waals surface area contributed by atoms with Crippen molar-refractivity contribution in [3.63, 3.8) is 0 Å². The van der Waals surface area contributed by atoms with Gasteiger partial charge in [0, 0.05) is 0 Å². The van der Waals surface area contributed by atoms with Gasteiger partial charge in [0.1, 0.15) is 0 Å². The minimum atomic E-state index is -2.94. The maximum Gasteiger partial charge on any atom is 0.273 e. The first-order valence-corrected chi connectivity index (χ1v) is 3.60. The van der Waals surface area contributed by atoms with Gasteiger partial charge in [0.25, 0.3) is 6.43 Å². The maximum atomic E-state index is 12.6. The van der Waals surface area contributed by atoms with Gasteiger partial charge >= 0.3 is 0 Å². The lowest BCUT2D eigenvalue weighted by atomic mass is 10.1. The van der Waals surface area contributed by atoms with Crippen LogP contribution in [0.25, 0.3) is 0 Å². The lowest BCUT2D eigenvalue weighted by molar-refractivity contribution is 0.0495. The molecule has 0 spiro atoms. The highest BCUT2D eigenvalue weighted by Crippen LogP contribution is 2.24. The van der Waals surface area contributed by atoms with Crippen molar-refractivity contribution in [2.24, 2.45) is 0 Å². The molecule has 1 aromatic carbocycles. The van der Waals surface area contributed by atoms with Crippen LogP contribution in [0.1, 0.15) is 17.3 Å². The summed E-state index contributed by atoms with van der Waals surface area (Å²) >= 11 is 0. The zero-order chi connectivity index (χ0) is 9.14. The largest absolute Gasteiger partial charge is 0.273 e. The van der Waals surface area contributed by atoms with E-state index in [1.54, 1.807) is 12.1 Å². The third kappa shape index (κ3) is 2.00. The van der Waals surface area contributed by atoms with Crippen LogP contribution in [0.4, 0.5) is 13.2 Å². The summed E-state index contributed by atoms with van der Waals surface area (Å²) in [7, 11) is 0. The van der Waals surface area contributed by atoms with E-state index in [1.807, 2.05) is 6.92 Å². The van der Waals surface area contributed by atoms with Crippen LogP contribution in [0, 0.1) is 6.92 Å². The summed E-state index contributed by atoms with van der Waals surface area (Å²) in [6.07, 6.45) is -5.10. The predicted octanol–water partition coefficient (Wildman–Crippen LogP) is 3.27. The van der Waals surface area contributed by atoms with Crippen molar-refractivity contribution in [2.75, 3.05) is 0 Å². The summed E-state index contributed by atoms with van der Waals surface area (Å²) in [4.78, 5) is 0. The zero-order valence-electron chi connectivity index (χ0n) is 6.60. The van der Waals surface area contributed by atoms with Crippen molar-refractivity contribution in [2.45, 2.75) is 19.5 Å². The van der Waals surface area contributed by atoms with E-state index >= 15 is 0 Å². The molecule has 1 atom stereocenters. The molecule has 0 saturated carbocycles. The Labute approximate surface area is 69.0 Å². The molecule has 0 radical (unpaired) electrons. The van der Waals surface area contributed by atoms with Crippen LogP contribution in [-0.4, -0.2) is 6.43 Å². The van der Waals surface area contributed by atoms with E-state index in [-0.39, 0.29) is 5.56 Å². The van der Waals surface area contributed by atoms with Crippen molar-refractivity contribution >= 4 is 0 Å². The fourth-order valence-electron chi connectivity index (χ4n) is 0.896. The first kappa shape index (κ1) is 9.10. The molecular formula is C9H9F3. The van der Waals surface area contributed by atoms with E-state index in [0.29, 0.717) is 0 Å². The molecule has 0 aliphatic heterocycles. The van der Waals surface area contributed by atoms with E-state index in [1.165, 1.54) is 12.1 Å². The van der Waals surface area contributed by atoms with E-state index in [2.05, 4.69) is 0 Å². The second-order valence-corrected chi connectivity index (χ2v) is 2.65. The van der Waals surface area contributed by atoms with Gasteiger partial charge in [0.2, 0.25) is 0 Å². The Hall–Kier alpha value is -0.990. The quantitative estimate of drug-likeness (QED) is 0.645. The summed E-state index contributed by atoms with van der Waals surface area (Å²) in [6.45, 7) is 1.82. The zero-order valence-corrected chi connectivity index (χ0v) is 6.60. The molecule has 1 unspecified atom stereocenters. The van der Waals surface area contributed by atoms with Crippen molar-refractivity contribution in [3.8, 4) is 0 Å². The molecule has 0 amide bonds. The van der Waals surface area contributed by atoms with Crippen LogP contribution in [0.3, 0.4) is 0 Å². The van der Waals surface area contributed by atoms with Crippen LogP contribution in [0.5, 0.6) is 0 Å². The molecule has 3 heteroatoms. The standard InChI is InChI=1S/C9H9F3/c1-6-2-4-7(5-3-6)8(10)9(11)12/h2-5,8-9H,1H3. The molecule has 66 valence electrons. The Morgan fingerprint density at radius 3 is 1.92 bits per heavy atom. The lowest BCUT2D eigenvalue weighted by Gasteiger charge is -2.06. The van der Waals surface area contributed by atoms with Crippen LogP contribution in [0.15, 0.2) is 24.3 Å². The number of hydrogen-bond donors (Lipinski definition) is 0. The molecule has 0 fully saturated rings. The van der Waals surface area contributed by atoms with Crippen LogP contribution in [0.2, 0.25) is 0 Å².